The summed E-state index contributed by atoms with van der Waals surface area (Å²) in [5.74, 6) is -0.789. The van der Waals surface area contributed by atoms with Crippen LogP contribution in [0.1, 0.15) is 113 Å². The molecule has 5 N–H and O–H groups in total. The van der Waals surface area contributed by atoms with E-state index in [0.29, 0.717) is 53.8 Å². The zero-order valence-electron chi connectivity index (χ0n) is 31.7. The molecule has 2 saturated heterocycles. The first-order chi connectivity index (χ1) is 27.1. The fourth-order valence-corrected chi connectivity index (χ4v) is 9.38. The van der Waals surface area contributed by atoms with Crippen molar-refractivity contribution in [3.8, 4) is 11.3 Å². The van der Waals surface area contributed by atoms with Gasteiger partial charge >= 0.3 is 0 Å². The minimum absolute atomic E-state index is 0.0192. The van der Waals surface area contributed by atoms with Crippen molar-refractivity contribution in [1.29, 1.82) is 0 Å². The summed E-state index contributed by atoms with van der Waals surface area (Å²) in [5, 5.41) is 22.8. The van der Waals surface area contributed by atoms with Crippen LogP contribution in [0.2, 0.25) is 0 Å². The summed E-state index contributed by atoms with van der Waals surface area (Å²) in [6.07, 6.45) is 14.5. The van der Waals surface area contributed by atoms with Crippen molar-refractivity contribution in [2.45, 2.75) is 132 Å². The molecule has 5 fully saturated rings. The smallest absolute Gasteiger partial charge is 0.249 e. The molecule has 5 aliphatic rings. The highest BCUT2D eigenvalue weighted by molar-refractivity contribution is 6.01. The van der Waals surface area contributed by atoms with Crippen molar-refractivity contribution in [3.05, 3.63) is 65.6 Å². The van der Waals surface area contributed by atoms with Gasteiger partial charge in [-0.25, -0.2) is 18.7 Å². The number of piperidine rings is 2. The van der Waals surface area contributed by atoms with Gasteiger partial charge in [0, 0.05) is 47.9 Å². The Bertz CT molecular complexity index is 1920. The number of anilines is 2. The second kappa shape index (κ2) is 16.5. The Morgan fingerprint density at radius 3 is 2.30 bits per heavy atom. The molecule has 3 aliphatic carbocycles. The number of amides is 3. The number of carbonyl (C=O) groups excluding carboxylic acids is 3. The van der Waals surface area contributed by atoms with Crippen molar-refractivity contribution in [2.24, 2.45) is 5.92 Å². The molecule has 1 unspecified atom stereocenters. The predicted molar refractivity (Wildman–Crippen MR) is 206 cm³/mol. The molecule has 298 valence electrons. The van der Waals surface area contributed by atoms with Crippen molar-refractivity contribution in [2.75, 3.05) is 23.7 Å². The number of aromatic nitrogens is 3. The first-order valence-electron chi connectivity index (χ1n) is 20.5. The molecule has 3 amide bonds. The van der Waals surface area contributed by atoms with Crippen molar-refractivity contribution >= 4 is 29.4 Å². The Kier molecular flexibility index (Phi) is 11.3. The molecular formula is C42H52F2N8O4. The molecule has 2 aliphatic heterocycles. The number of pyridine rings is 1. The van der Waals surface area contributed by atoms with E-state index >= 15 is 4.39 Å². The topological polar surface area (TPSA) is 161 Å². The Morgan fingerprint density at radius 2 is 1.61 bits per heavy atom. The first kappa shape index (κ1) is 38.3. The average molecular weight is 771 g/mol. The van der Waals surface area contributed by atoms with E-state index < -0.39 is 17.5 Å². The Hall–Kier alpha value is -4.56. The van der Waals surface area contributed by atoms with Gasteiger partial charge in [-0.1, -0.05) is 6.07 Å². The van der Waals surface area contributed by atoms with E-state index in [1.54, 1.807) is 18.3 Å². The monoisotopic (exact) mass is 770 g/mol. The lowest BCUT2D eigenvalue weighted by Crippen LogP contribution is -2.47. The van der Waals surface area contributed by atoms with Crippen LogP contribution in [0, 0.1) is 17.6 Å². The van der Waals surface area contributed by atoms with Crippen LogP contribution in [0.15, 0.2) is 42.7 Å². The number of hydrogen-bond acceptors (Lipinski definition) is 10. The summed E-state index contributed by atoms with van der Waals surface area (Å²) >= 11 is 0. The van der Waals surface area contributed by atoms with Gasteiger partial charge in [-0.2, -0.15) is 0 Å². The van der Waals surface area contributed by atoms with Crippen LogP contribution in [0.25, 0.3) is 11.3 Å². The molecule has 56 heavy (non-hydrogen) atoms. The molecule has 1 atom stereocenters. The van der Waals surface area contributed by atoms with Gasteiger partial charge < -0.3 is 26.0 Å². The summed E-state index contributed by atoms with van der Waals surface area (Å²) < 4.78 is 30.1. The van der Waals surface area contributed by atoms with Gasteiger partial charge in [-0.15, -0.1) is 0 Å². The van der Waals surface area contributed by atoms with Crippen LogP contribution in [-0.4, -0.2) is 79.9 Å². The van der Waals surface area contributed by atoms with Crippen LogP contribution in [0.5, 0.6) is 0 Å². The number of nitrogens with zero attached hydrogens (tertiary/aromatic N) is 4. The van der Waals surface area contributed by atoms with Crippen molar-refractivity contribution < 1.29 is 28.3 Å². The third-order valence-electron chi connectivity index (χ3n) is 13.0. The molecule has 2 aromatic heterocycles. The summed E-state index contributed by atoms with van der Waals surface area (Å²) in [4.78, 5) is 52.4. The van der Waals surface area contributed by atoms with Crippen molar-refractivity contribution in [3.63, 3.8) is 0 Å². The summed E-state index contributed by atoms with van der Waals surface area (Å²) in [7, 11) is 0. The average Bonchev–Trinajstić information content (AvgIpc) is 3.20. The Balaban J connectivity index is 0.752. The molecule has 1 aromatic carbocycles. The van der Waals surface area contributed by atoms with Gasteiger partial charge in [-0.05, 0) is 139 Å². The molecule has 12 nitrogen and oxygen atoms in total. The maximum absolute atomic E-state index is 15.2. The number of carbonyl (C=O) groups is 3. The summed E-state index contributed by atoms with van der Waals surface area (Å²) in [6.45, 7) is 1.80. The van der Waals surface area contributed by atoms with Crippen LogP contribution < -0.4 is 21.3 Å². The van der Waals surface area contributed by atoms with E-state index in [1.165, 1.54) is 12.3 Å². The van der Waals surface area contributed by atoms with E-state index in [9.17, 15) is 23.9 Å². The highest BCUT2D eigenvalue weighted by Gasteiger charge is 2.38. The second-order valence-corrected chi connectivity index (χ2v) is 16.6. The van der Waals surface area contributed by atoms with Crippen LogP contribution in [0.4, 0.5) is 20.4 Å². The summed E-state index contributed by atoms with van der Waals surface area (Å²) in [6, 6.07) is 8.66. The third-order valence-corrected chi connectivity index (χ3v) is 13.0. The maximum Gasteiger partial charge on any atom is 0.249 e. The maximum atomic E-state index is 15.2. The van der Waals surface area contributed by atoms with E-state index in [4.69, 9.17) is 0 Å². The highest BCUT2D eigenvalue weighted by Crippen LogP contribution is 2.41. The number of benzene rings is 1. The number of aliphatic hydroxyl groups is 1. The highest BCUT2D eigenvalue weighted by atomic mass is 19.1. The first-order valence-corrected chi connectivity index (χ1v) is 20.5. The van der Waals surface area contributed by atoms with E-state index in [0.717, 1.165) is 83.7 Å². The molecular weight excluding hydrogens is 719 g/mol. The number of halogens is 2. The van der Waals surface area contributed by atoms with E-state index in [2.05, 4.69) is 41.1 Å². The third kappa shape index (κ3) is 8.56. The van der Waals surface area contributed by atoms with Crippen molar-refractivity contribution in [1.82, 2.24) is 30.5 Å². The Labute approximate surface area is 326 Å². The quantitative estimate of drug-likeness (QED) is 0.162. The summed E-state index contributed by atoms with van der Waals surface area (Å²) in [5.41, 5.74) is 1.58. The predicted octanol–water partition coefficient (Wildman–Crippen LogP) is 5.68. The molecule has 0 spiro atoms. The number of imide groups is 1. The minimum Gasteiger partial charge on any atom is -0.384 e. The minimum atomic E-state index is -0.949. The number of likely N-dealkylation sites (tertiary alicyclic amines) is 1. The molecule has 0 radical (unpaired) electrons. The second-order valence-electron chi connectivity index (χ2n) is 16.6. The van der Waals surface area contributed by atoms with Crippen LogP contribution >= 0.6 is 0 Å². The SMILES string of the molecule is O=C1CCC(Nc2ccc(C3CCN(C4CCC(C(=O)NC5CCC(Nc6ncc(F)c(-c7ccnc(C8(O)CCC8)c7)n6)CC5)CC4)CC3)c(F)c2)C(=O)N1. The fraction of sp³-hybridized carbons (Fsp3) is 0.571. The van der Waals surface area contributed by atoms with Gasteiger partial charge in [0.2, 0.25) is 23.7 Å². The lowest BCUT2D eigenvalue weighted by atomic mass is 9.77. The number of rotatable bonds is 10. The zero-order chi connectivity index (χ0) is 38.8. The van der Waals surface area contributed by atoms with Gasteiger partial charge in [0.1, 0.15) is 23.2 Å². The Morgan fingerprint density at radius 1 is 0.857 bits per heavy atom. The largest absolute Gasteiger partial charge is 0.384 e. The van der Waals surface area contributed by atoms with Gasteiger partial charge in [0.15, 0.2) is 5.82 Å². The van der Waals surface area contributed by atoms with E-state index in [1.807, 2.05) is 12.1 Å². The molecule has 3 saturated carbocycles. The lowest BCUT2D eigenvalue weighted by Gasteiger charge is -2.41. The van der Waals surface area contributed by atoms with E-state index in [-0.39, 0.29) is 59.6 Å². The standard InChI is InChI=1S/C42H52F2N8O4/c43-33-23-30(47-35-12-13-37(53)50-40(35)55)8-11-32(33)25-15-20-52(21-16-25)31-9-2-26(3-10-31)39(54)48-28-4-6-29(7-5-28)49-41-46-24-34(44)38(51-41)27-14-19-45-36(22-27)42(56)17-1-18-42/h8,11,14,19,22-26,28-29,31,35,47,56H,1-7,9-10,12-13,15-18,20-21H2,(H,48,54)(H,46,49,51)(H,50,53,55). The van der Waals surface area contributed by atoms with Gasteiger partial charge in [0.25, 0.3) is 0 Å². The molecule has 8 rings (SSSR count). The molecule has 0 bridgehead atoms. The number of hydrogen-bond donors (Lipinski definition) is 5. The lowest BCUT2D eigenvalue weighted by molar-refractivity contribution is -0.133. The molecule has 3 aromatic rings. The molecule has 14 heteroatoms. The number of nitrogens with one attached hydrogen (secondary N) is 4. The fourth-order valence-electron chi connectivity index (χ4n) is 9.38. The zero-order valence-corrected chi connectivity index (χ0v) is 31.7. The van der Waals surface area contributed by atoms with Crippen LogP contribution in [-0.2, 0) is 20.0 Å². The van der Waals surface area contributed by atoms with Gasteiger partial charge in [0.05, 0.1) is 11.9 Å². The molecule has 4 heterocycles. The van der Waals surface area contributed by atoms with Gasteiger partial charge in [-0.3, -0.25) is 24.7 Å². The normalized spacial score (nSPS) is 27.2. The van der Waals surface area contributed by atoms with Crippen LogP contribution in [0.3, 0.4) is 0 Å².